The first-order chi connectivity index (χ1) is 12.1. The Morgan fingerprint density at radius 1 is 1.28 bits per heavy atom. The van der Waals surface area contributed by atoms with Crippen molar-refractivity contribution < 1.29 is 9.53 Å². The van der Waals surface area contributed by atoms with Crippen LogP contribution in [0.25, 0.3) is 0 Å². The summed E-state index contributed by atoms with van der Waals surface area (Å²) in [6.07, 6.45) is 0. The summed E-state index contributed by atoms with van der Waals surface area (Å²) >= 11 is 7.97. The quantitative estimate of drug-likeness (QED) is 0.789. The molecule has 6 heteroatoms. The monoisotopic (exact) mass is 376 g/mol. The highest BCUT2D eigenvalue weighted by Gasteiger charge is 2.28. The van der Waals surface area contributed by atoms with Crippen molar-refractivity contribution in [2.45, 2.75) is 16.7 Å². The van der Waals surface area contributed by atoms with Crippen molar-refractivity contribution >= 4 is 35.0 Å². The third-order valence-corrected chi connectivity index (χ3v) is 5.93. The zero-order valence-corrected chi connectivity index (χ0v) is 15.8. The lowest BCUT2D eigenvalue weighted by molar-refractivity contribution is -0.121. The SMILES string of the molecule is COc1ccc(Sc2ccc(NC(=O)C(C)C3CNC3)cc2Cl)cc1. The number of hydrogen-bond acceptors (Lipinski definition) is 4. The molecule has 0 saturated carbocycles. The van der Waals surface area contributed by atoms with Crippen LogP contribution in [0, 0.1) is 11.8 Å². The summed E-state index contributed by atoms with van der Waals surface area (Å²) < 4.78 is 5.16. The Labute approximate surface area is 157 Å². The van der Waals surface area contributed by atoms with Crippen LogP contribution in [0.2, 0.25) is 5.02 Å². The maximum atomic E-state index is 12.3. The molecule has 2 aromatic carbocycles. The second kappa shape index (κ2) is 8.13. The first-order valence-electron chi connectivity index (χ1n) is 8.20. The second-order valence-corrected chi connectivity index (χ2v) is 7.64. The van der Waals surface area contributed by atoms with E-state index in [4.69, 9.17) is 16.3 Å². The number of nitrogens with one attached hydrogen (secondary N) is 2. The molecule has 0 aromatic heterocycles. The van der Waals surface area contributed by atoms with Gasteiger partial charge >= 0.3 is 0 Å². The molecule has 2 N–H and O–H groups in total. The Balaban J connectivity index is 1.64. The molecule has 0 aliphatic carbocycles. The second-order valence-electron chi connectivity index (χ2n) is 6.12. The summed E-state index contributed by atoms with van der Waals surface area (Å²) in [5.41, 5.74) is 0.730. The van der Waals surface area contributed by atoms with Crippen LogP contribution in [0.15, 0.2) is 52.3 Å². The number of methoxy groups -OCH3 is 1. The Hall–Kier alpha value is -1.69. The average molecular weight is 377 g/mol. The number of carbonyl (C=O) groups is 1. The van der Waals surface area contributed by atoms with Crippen molar-refractivity contribution in [3.8, 4) is 5.75 Å². The average Bonchev–Trinajstić information content (AvgIpc) is 2.56. The fourth-order valence-electron chi connectivity index (χ4n) is 2.57. The van der Waals surface area contributed by atoms with Crippen LogP contribution in [0.4, 0.5) is 5.69 Å². The van der Waals surface area contributed by atoms with E-state index in [1.54, 1.807) is 24.9 Å². The van der Waals surface area contributed by atoms with Crippen molar-refractivity contribution in [2.24, 2.45) is 11.8 Å². The molecule has 1 aliphatic rings. The summed E-state index contributed by atoms with van der Waals surface area (Å²) in [6.45, 7) is 3.79. The number of halogens is 1. The van der Waals surface area contributed by atoms with Gasteiger partial charge in [0.15, 0.2) is 0 Å². The van der Waals surface area contributed by atoms with Crippen molar-refractivity contribution in [1.29, 1.82) is 0 Å². The van der Waals surface area contributed by atoms with Gasteiger partial charge in [0.05, 0.1) is 12.1 Å². The zero-order chi connectivity index (χ0) is 17.8. The van der Waals surface area contributed by atoms with E-state index in [9.17, 15) is 4.79 Å². The smallest absolute Gasteiger partial charge is 0.227 e. The van der Waals surface area contributed by atoms with Gasteiger partial charge in [-0.1, -0.05) is 30.3 Å². The molecular weight excluding hydrogens is 356 g/mol. The van der Waals surface area contributed by atoms with Gasteiger partial charge in [-0.25, -0.2) is 0 Å². The lowest BCUT2D eigenvalue weighted by Gasteiger charge is -2.31. The van der Waals surface area contributed by atoms with Gasteiger partial charge in [0.1, 0.15) is 5.75 Å². The number of hydrogen-bond donors (Lipinski definition) is 2. The van der Waals surface area contributed by atoms with Crippen LogP contribution >= 0.6 is 23.4 Å². The van der Waals surface area contributed by atoms with E-state index >= 15 is 0 Å². The van der Waals surface area contributed by atoms with E-state index in [2.05, 4.69) is 10.6 Å². The fourth-order valence-corrected chi connectivity index (χ4v) is 3.68. The molecular formula is C19H21ClN2O2S. The molecule has 3 rings (SSSR count). The summed E-state index contributed by atoms with van der Waals surface area (Å²) in [5, 5.41) is 6.78. The molecule has 1 unspecified atom stereocenters. The van der Waals surface area contributed by atoms with Gasteiger partial charge in [0.2, 0.25) is 5.91 Å². The van der Waals surface area contributed by atoms with E-state index in [-0.39, 0.29) is 11.8 Å². The topological polar surface area (TPSA) is 50.4 Å². The van der Waals surface area contributed by atoms with Gasteiger partial charge in [-0.2, -0.15) is 0 Å². The molecule has 1 heterocycles. The summed E-state index contributed by atoms with van der Waals surface area (Å²) in [5.74, 6) is 1.27. The molecule has 25 heavy (non-hydrogen) atoms. The fraction of sp³-hybridized carbons (Fsp3) is 0.316. The van der Waals surface area contributed by atoms with E-state index in [1.165, 1.54) is 0 Å². The third kappa shape index (κ3) is 4.48. The highest BCUT2D eigenvalue weighted by molar-refractivity contribution is 7.99. The summed E-state index contributed by atoms with van der Waals surface area (Å²) in [6, 6.07) is 13.4. The van der Waals surface area contributed by atoms with E-state index in [0.717, 1.165) is 34.3 Å². The molecule has 0 radical (unpaired) electrons. The maximum Gasteiger partial charge on any atom is 0.227 e. The molecule has 0 spiro atoms. The van der Waals surface area contributed by atoms with Gasteiger partial charge in [0.25, 0.3) is 0 Å². The standard InChI is InChI=1S/C19H21ClN2O2S/c1-12(13-10-21-11-13)19(23)22-14-3-8-18(17(20)9-14)25-16-6-4-15(24-2)5-7-16/h3-9,12-13,21H,10-11H2,1-2H3,(H,22,23). The van der Waals surface area contributed by atoms with Crippen molar-refractivity contribution in [1.82, 2.24) is 5.32 Å². The van der Waals surface area contributed by atoms with E-state index in [0.29, 0.717) is 10.9 Å². The number of amides is 1. The largest absolute Gasteiger partial charge is 0.497 e. The summed E-state index contributed by atoms with van der Waals surface area (Å²) in [7, 11) is 1.65. The molecule has 2 aromatic rings. The molecule has 1 atom stereocenters. The first-order valence-corrected chi connectivity index (χ1v) is 9.39. The maximum absolute atomic E-state index is 12.3. The van der Waals surface area contributed by atoms with Crippen molar-refractivity contribution in [3.63, 3.8) is 0 Å². The Bertz CT molecular complexity index is 748. The van der Waals surface area contributed by atoms with Gasteiger partial charge in [-0.05, 0) is 61.5 Å². The number of carbonyl (C=O) groups excluding carboxylic acids is 1. The molecule has 1 fully saturated rings. The normalized spacial score (nSPS) is 15.3. The van der Waals surface area contributed by atoms with Gasteiger partial charge in [0, 0.05) is 21.4 Å². The van der Waals surface area contributed by atoms with Crippen LogP contribution in [-0.4, -0.2) is 26.1 Å². The minimum absolute atomic E-state index is 0.00613. The van der Waals surface area contributed by atoms with Crippen molar-refractivity contribution in [3.05, 3.63) is 47.5 Å². The lowest BCUT2D eigenvalue weighted by Crippen LogP contribution is -2.48. The number of anilines is 1. The number of ether oxygens (including phenoxy) is 1. The Morgan fingerprint density at radius 3 is 2.56 bits per heavy atom. The van der Waals surface area contributed by atoms with Crippen LogP contribution in [0.5, 0.6) is 5.75 Å². The Morgan fingerprint density at radius 2 is 2.00 bits per heavy atom. The summed E-state index contributed by atoms with van der Waals surface area (Å²) in [4.78, 5) is 14.3. The van der Waals surface area contributed by atoms with Crippen LogP contribution < -0.4 is 15.4 Å². The van der Waals surface area contributed by atoms with Gasteiger partial charge < -0.3 is 15.4 Å². The van der Waals surface area contributed by atoms with Crippen LogP contribution in [-0.2, 0) is 4.79 Å². The molecule has 4 nitrogen and oxygen atoms in total. The van der Waals surface area contributed by atoms with Crippen LogP contribution in [0.1, 0.15) is 6.92 Å². The molecule has 1 saturated heterocycles. The van der Waals surface area contributed by atoms with E-state index in [1.807, 2.05) is 43.3 Å². The van der Waals surface area contributed by atoms with Gasteiger partial charge in [-0.15, -0.1) is 0 Å². The highest BCUT2D eigenvalue weighted by Crippen LogP contribution is 2.35. The molecule has 0 bridgehead atoms. The molecule has 1 aliphatic heterocycles. The minimum Gasteiger partial charge on any atom is -0.497 e. The molecule has 132 valence electrons. The third-order valence-electron chi connectivity index (χ3n) is 4.42. The highest BCUT2D eigenvalue weighted by atomic mass is 35.5. The first kappa shape index (κ1) is 18.1. The number of benzene rings is 2. The van der Waals surface area contributed by atoms with Crippen LogP contribution in [0.3, 0.4) is 0 Å². The van der Waals surface area contributed by atoms with Gasteiger partial charge in [-0.3, -0.25) is 4.79 Å². The number of rotatable bonds is 6. The predicted octanol–water partition coefficient (Wildman–Crippen LogP) is 4.29. The van der Waals surface area contributed by atoms with E-state index < -0.39 is 0 Å². The Kier molecular flexibility index (Phi) is 5.89. The predicted molar refractivity (Wildman–Crippen MR) is 103 cm³/mol. The minimum atomic E-state index is -0.00613. The van der Waals surface area contributed by atoms with Crippen molar-refractivity contribution in [2.75, 3.05) is 25.5 Å². The zero-order valence-electron chi connectivity index (χ0n) is 14.2. The molecule has 1 amide bonds. The lowest BCUT2D eigenvalue weighted by atomic mass is 9.88.